The van der Waals surface area contributed by atoms with Gasteiger partial charge in [0, 0.05) is 31.8 Å². The topological polar surface area (TPSA) is 37.6 Å². The monoisotopic (exact) mass is 282 g/mol. The largest absolute Gasteiger partial charge is 0.465 e. The fraction of sp³-hybridized carbons (Fsp3) is 0.750. The molecule has 0 bridgehead atoms. The smallest absolute Gasteiger partial charge is 0.118 e. The van der Waals surface area contributed by atoms with Crippen LogP contribution in [0.15, 0.2) is 10.5 Å². The Bertz CT molecular complexity index is 373. The highest BCUT2D eigenvalue weighted by atomic mass is 16.5. The van der Waals surface area contributed by atoms with E-state index in [0.717, 1.165) is 50.6 Å². The van der Waals surface area contributed by atoms with Crippen LogP contribution in [0, 0.1) is 6.92 Å². The lowest BCUT2D eigenvalue weighted by Crippen LogP contribution is -2.36. The summed E-state index contributed by atoms with van der Waals surface area (Å²) >= 11 is 0. The third kappa shape index (κ3) is 4.93. The highest BCUT2D eigenvalue weighted by Gasteiger charge is 2.17. The number of ether oxygens (including phenoxy) is 1. The molecule has 4 heteroatoms. The van der Waals surface area contributed by atoms with Crippen molar-refractivity contribution < 1.29 is 9.15 Å². The van der Waals surface area contributed by atoms with E-state index in [4.69, 9.17) is 9.15 Å². The van der Waals surface area contributed by atoms with Crippen LogP contribution in [0.5, 0.6) is 0 Å². The van der Waals surface area contributed by atoms with Crippen LogP contribution < -0.4 is 5.32 Å². The number of aryl methyl sites for hydroxylation is 1. The molecular weight excluding hydrogens is 252 g/mol. The Morgan fingerprint density at radius 3 is 2.60 bits per heavy atom. The summed E-state index contributed by atoms with van der Waals surface area (Å²) in [5.41, 5.74) is 1.25. The summed E-state index contributed by atoms with van der Waals surface area (Å²) in [5, 5.41) is 3.18. The number of hydrogen-bond donors (Lipinski definition) is 1. The Hall–Kier alpha value is -0.840. The van der Waals surface area contributed by atoms with E-state index >= 15 is 0 Å². The number of nitrogens with zero attached hydrogens (tertiary/aromatic N) is 1. The third-order valence-electron chi connectivity index (χ3n) is 3.84. The number of furan rings is 1. The van der Waals surface area contributed by atoms with Crippen molar-refractivity contribution >= 4 is 0 Å². The molecule has 0 saturated carbocycles. The van der Waals surface area contributed by atoms with Crippen molar-refractivity contribution in [3.05, 3.63) is 23.2 Å². The molecule has 116 valence electrons. The predicted octanol–water partition coefficient (Wildman–Crippen LogP) is 2.94. The van der Waals surface area contributed by atoms with Crippen LogP contribution in [0.3, 0.4) is 0 Å². The second-order valence-corrected chi connectivity index (χ2v) is 5.26. The number of hydrogen-bond acceptors (Lipinski definition) is 4. The SMILES string of the molecule is CCC(CC)N(CCOC)Cc1cc(CNC)c(C)o1. The first kappa shape index (κ1) is 17.2. The molecule has 0 aromatic carbocycles. The van der Waals surface area contributed by atoms with Gasteiger partial charge < -0.3 is 14.5 Å². The minimum Gasteiger partial charge on any atom is -0.465 e. The third-order valence-corrected chi connectivity index (χ3v) is 3.84. The van der Waals surface area contributed by atoms with Crippen molar-refractivity contribution in [1.82, 2.24) is 10.2 Å². The van der Waals surface area contributed by atoms with Gasteiger partial charge in [0.1, 0.15) is 11.5 Å². The van der Waals surface area contributed by atoms with Crippen LogP contribution in [0.4, 0.5) is 0 Å². The first-order valence-electron chi connectivity index (χ1n) is 7.61. The Morgan fingerprint density at radius 2 is 2.05 bits per heavy atom. The maximum Gasteiger partial charge on any atom is 0.118 e. The lowest BCUT2D eigenvalue weighted by Gasteiger charge is -2.29. The molecule has 1 heterocycles. The standard InChI is InChI=1S/C16H30N2O2/c1-6-15(7-2)18(8-9-19-5)12-16-10-14(11-17-4)13(3)20-16/h10,15,17H,6-9,11-12H2,1-5H3. The summed E-state index contributed by atoms with van der Waals surface area (Å²) in [6, 6.07) is 2.76. The molecule has 1 aromatic rings. The van der Waals surface area contributed by atoms with Crippen molar-refractivity contribution in [2.24, 2.45) is 0 Å². The fourth-order valence-electron chi connectivity index (χ4n) is 2.64. The highest BCUT2D eigenvalue weighted by Crippen LogP contribution is 2.19. The van der Waals surface area contributed by atoms with Crippen molar-refractivity contribution in [3.63, 3.8) is 0 Å². The number of methoxy groups -OCH3 is 1. The quantitative estimate of drug-likeness (QED) is 0.716. The van der Waals surface area contributed by atoms with Crippen molar-refractivity contribution in [2.45, 2.75) is 52.7 Å². The molecule has 0 radical (unpaired) electrons. The average Bonchev–Trinajstić information content (AvgIpc) is 2.78. The number of nitrogens with one attached hydrogen (secondary N) is 1. The van der Waals surface area contributed by atoms with E-state index in [1.807, 2.05) is 14.0 Å². The zero-order valence-electron chi connectivity index (χ0n) is 13.7. The summed E-state index contributed by atoms with van der Waals surface area (Å²) < 4.78 is 11.1. The van der Waals surface area contributed by atoms with Crippen LogP contribution in [-0.2, 0) is 17.8 Å². The van der Waals surface area contributed by atoms with Gasteiger partial charge in [0.2, 0.25) is 0 Å². The molecule has 0 saturated heterocycles. The van der Waals surface area contributed by atoms with Gasteiger partial charge in [-0.05, 0) is 32.9 Å². The second kappa shape index (κ2) is 9.16. The van der Waals surface area contributed by atoms with Crippen molar-refractivity contribution in [1.29, 1.82) is 0 Å². The minimum absolute atomic E-state index is 0.586. The maximum absolute atomic E-state index is 5.89. The van der Waals surface area contributed by atoms with E-state index in [-0.39, 0.29) is 0 Å². The summed E-state index contributed by atoms with van der Waals surface area (Å²) in [5.74, 6) is 2.07. The van der Waals surface area contributed by atoms with Gasteiger partial charge in [-0.25, -0.2) is 0 Å². The molecule has 0 spiro atoms. The molecule has 1 rings (SSSR count). The Labute approximate surface area is 123 Å². The molecule has 0 aliphatic rings. The van der Waals surface area contributed by atoms with Gasteiger partial charge in [-0.15, -0.1) is 0 Å². The van der Waals surface area contributed by atoms with E-state index in [2.05, 4.69) is 30.1 Å². The molecule has 4 nitrogen and oxygen atoms in total. The Morgan fingerprint density at radius 1 is 1.35 bits per heavy atom. The van der Waals surface area contributed by atoms with E-state index < -0.39 is 0 Å². The van der Waals surface area contributed by atoms with Crippen LogP contribution in [-0.4, -0.2) is 38.3 Å². The molecule has 1 N–H and O–H groups in total. The van der Waals surface area contributed by atoms with Gasteiger partial charge in [-0.3, -0.25) is 4.90 Å². The molecule has 0 fully saturated rings. The van der Waals surface area contributed by atoms with Gasteiger partial charge in [0.15, 0.2) is 0 Å². The highest BCUT2D eigenvalue weighted by molar-refractivity contribution is 5.20. The van der Waals surface area contributed by atoms with Crippen LogP contribution in [0.1, 0.15) is 43.8 Å². The van der Waals surface area contributed by atoms with E-state index in [1.165, 1.54) is 5.56 Å². The molecular formula is C16H30N2O2. The fourth-order valence-corrected chi connectivity index (χ4v) is 2.64. The predicted molar refractivity (Wildman–Crippen MR) is 82.9 cm³/mol. The molecule has 1 aromatic heterocycles. The van der Waals surface area contributed by atoms with Crippen molar-refractivity contribution in [2.75, 3.05) is 27.3 Å². The van der Waals surface area contributed by atoms with Gasteiger partial charge in [-0.2, -0.15) is 0 Å². The lowest BCUT2D eigenvalue weighted by atomic mass is 10.1. The van der Waals surface area contributed by atoms with Gasteiger partial charge in [-0.1, -0.05) is 13.8 Å². The zero-order chi connectivity index (χ0) is 15.0. The summed E-state index contributed by atoms with van der Waals surface area (Å²) in [4.78, 5) is 2.46. The molecule has 0 unspecified atom stereocenters. The van der Waals surface area contributed by atoms with E-state index in [1.54, 1.807) is 7.11 Å². The first-order valence-corrected chi connectivity index (χ1v) is 7.61. The molecule has 20 heavy (non-hydrogen) atoms. The average molecular weight is 282 g/mol. The normalized spacial score (nSPS) is 11.8. The second-order valence-electron chi connectivity index (χ2n) is 5.26. The van der Waals surface area contributed by atoms with Crippen LogP contribution in [0.2, 0.25) is 0 Å². The first-order chi connectivity index (χ1) is 9.65. The summed E-state index contributed by atoms with van der Waals surface area (Å²) in [6.45, 7) is 9.95. The molecule has 0 aliphatic carbocycles. The van der Waals surface area contributed by atoms with Crippen LogP contribution in [0.25, 0.3) is 0 Å². The lowest BCUT2D eigenvalue weighted by molar-refractivity contribution is 0.104. The Kier molecular flexibility index (Phi) is 7.88. The zero-order valence-corrected chi connectivity index (χ0v) is 13.7. The molecule has 0 aliphatic heterocycles. The minimum atomic E-state index is 0.586. The van der Waals surface area contributed by atoms with Gasteiger partial charge in [0.05, 0.1) is 13.2 Å². The van der Waals surface area contributed by atoms with Crippen LogP contribution >= 0.6 is 0 Å². The summed E-state index contributed by atoms with van der Waals surface area (Å²) in [7, 11) is 3.72. The van der Waals surface area contributed by atoms with Gasteiger partial charge >= 0.3 is 0 Å². The summed E-state index contributed by atoms with van der Waals surface area (Å²) in [6.07, 6.45) is 2.31. The van der Waals surface area contributed by atoms with Crippen molar-refractivity contribution in [3.8, 4) is 0 Å². The van der Waals surface area contributed by atoms with E-state index in [9.17, 15) is 0 Å². The maximum atomic E-state index is 5.89. The molecule has 0 amide bonds. The number of rotatable bonds is 10. The molecule has 0 atom stereocenters. The van der Waals surface area contributed by atoms with E-state index in [0.29, 0.717) is 6.04 Å². The Balaban J connectivity index is 2.74. The van der Waals surface area contributed by atoms with Gasteiger partial charge in [0.25, 0.3) is 0 Å².